The van der Waals surface area contributed by atoms with Gasteiger partial charge < -0.3 is 15.3 Å². The highest BCUT2D eigenvalue weighted by Crippen LogP contribution is 2.38. The first-order valence-corrected chi connectivity index (χ1v) is 13.1. The Morgan fingerprint density at radius 1 is 1.12 bits per heavy atom. The van der Waals surface area contributed by atoms with Crippen LogP contribution in [0.3, 0.4) is 0 Å². The molecule has 170 valence electrons. The fourth-order valence-electron chi connectivity index (χ4n) is 4.70. The zero-order valence-corrected chi connectivity index (χ0v) is 19.7. The molecule has 1 fully saturated rings. The van der Waals surface area contributed by atoms with Crippen molar-refractivity contribution in [1.29, 1.82) is 0 Å². The van der Waals surface area contributed by atoms with Crippen molar-refractivity contribution in [3.8, 4) is 0 Å². The third-order valence-corrected chi connectivity index (χ3v) is 8.64. The van der Waals surface area contributed by atoms with Crippen molar-refractivity contribution in [1.82, 2.24) is 9.97 Å². The lowest BCUT2D eigenvalue weighted by molar-refractivity contribution is 0.143. The van der Waals surface area contributed by atoms with Gasteiger partial charge in [-0.25, -0.2) is 4.98 Å². The number of nitrogens with one attached hydrogen (secondary N) is 1. The van der Waals surface area contributed by atoms with E-state index >= 15 is 0 Å². The Balaban J connectivity index is 1.45. The van der Waals surface area contributed by atoms with Crippen molar-refractivity contribution in [3.05, 3.63) is 46.6 Å². The quantitative estimate of drug-likeness (QED) is 0.679. The van der Waals surface area contributed by atoms with Gasteiger partial charge in [-0.3, -0.25) is 4.21 Å². The predicted octanol–water partition coefficient (Wildman–Crippen LogP) is 4.19. The zero-order valence-electron chi connectivity index (χ0n) is 18.1. The lowest BCUT2D eigenvalue weighted by Gasteiger charge is -2.42. The summed E-state index contributed by atoms with van der Waals surface area (Å²) in [5, 5.41) is 14.2. The van der Waals surface area contributed by atoms with E-state index in [0.29, 0.717) is 17.5 Å². The molecule has 32 heavy (non-hydrogen) atoms. The van der Waals surface area contributed by atoms with Crippen LogP contribution in [-0.2, 0) is 17.2 Å². The first kappa shape index (κ1) is 21.9. The SMILES string of the molecule is O=S1CCCCc2nc(N3CC=C(c4ccc(Cl)cc4)CC3)nc(NC3(CO)CCC3)c21. The summed E-state index contributed by atoms with van der Waals surface area (Å²) in [6, 6.07) is 7.98. The van der Waals surface area contributed by atoms with Crippen LogP contribution in [0.5, 0.6) is 0 Å². The first-order valence-electron chi connectivity index (χ1n) is 11.5. The number of aliphatic hydroxyl groups excluding tert-OH is 1. The Morgan fingerprint density at radius 2 is 1.94 bits per heavy atom. The van der Waals surface area contributed by atoms with E-state index in [9.17, 15) is 9.32 Å². The van der Waals surface area contributed by atoms with Crippen molar-refractivity contribution in [2.45, 2.75) is 55.4 Å². The van der Waals surface area contributed by atoms with Crippen molar-refractivity contribution >= 4 is 39.7 Å². The third-order valence-electron chi connectivity index (χ3n) is 6.85. The van der Waals surface area contributed by atoms with Crippen LogP contribution < -0.4 is 10.2 Å². The van der Waals surface area contributed by atoms with E-state index in [1.54, 1.807) is 0 Å². The summed E-state index contributed by atoms with van der Waals surface area (Å²) in [5.41, 5.74) is 3.05. The average Bonchev–Trinajstić information content (AvgIpc) is 2.98. The molecule has 0 saturated heterocycles. The molecule has 3 aliphatic rings. The van der Waals surface area contributed by atoms with Crippen molar-refractivity contribution in [2.75, 3.05) is 35.7 Å². The van der Waals surface area contributed by atoms with Gasteiger partial charge in [0.15, 0.2) is 0 Å². The topological polar surface area (TPSA) is 78.4 Å². The summed E-state index contributed by atoms with van der Waals surface area (Å²) in [6.07, 6.45) is 8.76. The van der Waals surface area contributed by atoms with E-state index in [-0.39, 0.29) is 12.1 Å². The number of rotatable bonds is 5. The largest absolute Gasteiger partial charge is 0.394 e. The molecule has 2 aromatic rings. The Hall–Kier alpha value is -1.96. The fraction of sp³-hybridized carbons (Fsp3) is 0.500. The van der Waals surface area contributed by atoms with E-state index in [1.807, 2.05) is 12.1 Å². The number of anilines is 2. The minimum Gasteiger partial charge on any atom is -0.394 e. The van der Waals surface area contributed by atoms with Crippen molar-refractivity contribution < 1.29 is 9.32 Å². The Morgan fingerprint density at radius 3 is 2.59 bits per heavy atom. The molecule has 1 aliphatic carbocycles. The summed E-state index contributed by atoms with van der Waals surface area (Å²) in [7, 11) is -1.11. The Labute approximate surface area is 196 Å². The fourth-order valence-corrected chi connectivity index (χ4v) is 6.22. The summed E-state index contributed by atoms with van der Waals surface area (Å²) < 4.78 is 13.0. The molecule has 0 spiro atoms. The minimum absolute atomic E-state index is 0.0602. The molecule has 2 N–H and O–H groups in total. The minimum atomic E-state index is -1.11. The number of aryl methyl sites for hydroxylation is 1. The smallest absolute Gasteiger partial charge is 0.227 e. The highest BCUT2D eigenvalue weighted by molar-refractivity contribution is 7.85. The van der Waals surface area contributed by atoms with Crippen molar-refractivity contribution in [2.24, 2.45) is 0 Å². The number of aliphatic hydroxyl groups is 1. The zero-order chi connectivity index (χ0) is 22.1. The first-order chi connectivity index (χ1) is 15.6. The summed E-state index contributed by atoms with van der Waals surface area (Å²) in [4.78, 5) is 12.7. The predicted molar refractivity (Wildman–Crippen MR) is 130 cm³/mol. The normalized spacial score (nSPS) is 22.4. The molecule has 0 amide bonds. The number of hydrogen-bond acceptors (Lipinski definition) is 6. The maximum atomic E-state index is 13.0. The van der Waals surface area contributed by atoms with Crippen LogP contribution >= 0.6 is 11.6 Å². The molecule has 1 aromatic carbocycles. The van der Waals surface area contributed by atoms with E-state index in [2.05, 4.69) is 28.4 Å². The highest BCUT2D eigenvalue weighted by Gasteiger charge is 2.38. The van der Waals surface area contributed by atoms with Crippen LogP contribution in [0.25, 0.3) is 5.57 Å². The number of halogens is 1. The lowest BCUT2D eigenvalue weighted by atomic mass is 9.77. The van der Waals surface area contributed by atoms with Gasteiger partial charge in [0.25, 0.3) is 0 Å². The molecule has 2 aliphatic heterocycles. The molecular formula is C24H29ClN4O2S. The number of hydrogen-bond donors (Lipinski definition) is 2. The second-order valence-electron chi connectivity index (χ2n) is 9.00. The van der Waals surface area contributed by atoms with Gasteiger partial charge in [-0.2, -0.15) is 4.98 Å². The van der Waals surface area contributed by atoms with Gasteiger partial charge in [-0.05, 0) is 68.2 Å². The number of benzene rings is 1. The van der Waals surface area contributed by atoms with Gasteiger partial charge in [-0.1, -0.05) is 29.8 Å². The monoisotopic (exact) mass is 472 g/mol. The molecule has 1 unspecified atom stereocenters. The third kappa shape index (κ3) is 4.30. The Bertz CT molecular complexity index is 1050. The number of aromatic nitrogens is 2. The standard InChI is InChI=1S/C24H29ClN4O2S/c25-19-7-5-17(6-8-19)18-9-13-29(14-10-18)23-26-20-4-1-2-15-32(31)21(20)22(27-23)28-24(16-30)11-3-12-24/h5-9,30H,1-4,10-16H2,(H,26,27,28). The Kier molecular flexibility index (Phi) is 6.23. The second-order valence-corrected chi connectivity index (χ2v) is 10.9. The molecule has 1 saturated carbocycles. The van der Waals surface area contributed by atoms with E-state index in [0.717, 1.165) is 73.6 Å². The summed E-state index contributed by atoms with van der Waals surface area (Å²) in [5.74, 6) is 1.99. The summed E-state index contributed by atoms with van der Waals surface area (Å²) in [6.45, 7) is 1.61. The van der Waals surface area contributed by atoms with Gasteiger partial charge in [-0.15, -0.1) is 0 Å². The molecule has 6 nitrogen and oxygen atoms in total. The highest BCUT2D eigenvalue weighted by atomic mass is 35.5. The van der Waals surface area contributed by atoms with Crippen LogP contribution in [0.2, 0.25) is 5.02 Å². The van der Waals surface area contributed by atoms with Gasteiger partial charge in [0.1, 0.15) is 10.7 Å². The molecule has 1 aromatic heterocycles. The molecule has 0 radical (unpaired) electrons. The van der Waals surface area contributed by atoms with Gasteiger partial charge in [0.05, 0.1) is 28.6 Å². The van der Waals surface area contributed by atoms with Crippen LogP contribution in [0.15, 0.2) is 35.2 Å². The van der Waals surface area contributed by atoms with Gasteiger partial charge in [0, 0.05) is 23.9 Å². The average molecular weight is 473 g/mol. The molecule has 0 bridgehead atoms. The molecule has 5 rings (SSSR count). The van der Waals surface area contributed by atoms with Crippen LogP contribution in [0, 0.1) is 0 Å². The molecule has 1 atom stereocenters. The number of fused-ring (bicyclic) bond motifs is 1. The molecule has 8 heteroatoms. The van der Waals surface area contributed by atoms with E-state index in [1.165, 1.54) is 11.1 Å². The van der Waals surface area contributed by atoms with Crippen molar-refractivity contribution in [3.63, 3.8) is 0 Å². The second kappa shape index (κ2) is 9.12. The van der Waals surface area contributed by atoms with Crippen LogP contribution in [0.4, 0.5) is 11.8 Å². The summed E-state index contributed by atoms with van der Waals surface area (Å²) >= 11 is 6.03. The van der Waals surface area contributed by atoms with E-state index in [4.69, 9.17) is 21.6 Å². The number of nitrogens with zero attached hydrogens (tertiary/aromatic N) is 3. The van der Waals surface area contributed by atoms with Crippen LogP contribution in [-0.4, -0.2) is 50.3 Å². The van der Waals surface area contributed by atoms with Crippen LogP contribution in [0.1, 0.15) is 49.8 Å². The maximum Gasteiger partial charge on any atom is 0.227 e. The lowest BCUT2D eigenvalue weighted by Crippen LogP contribution is -2.49. The molecular weight excluding hydrogens is 444 g/mol. The van der Waals surface area contributed by atoms with Gasteiger partial charge >= 0.3 is 0 Å². The van der Waals surface area contributed by atoms with E-state index < -0.39 is 10.8 Å². The molecule has 3 heterocycles. The maximum absolute atomic E-state index is 13.0. The van der Waals surface area contributed by atoms with Gasteiger partial charge in [0.2, 0.25) is 5.95 Å².